The van der Waals surface area contributed by atoms with E-state index in [-0.39, 0.29) is 149 Å². The highest BCUT2D eigenvalue weighted by atomic mass is 16.7. The van der Waals surface area contributed by atoms with E-state index in [1.807, 2.05) is 6.92 Å². The summed E-state index contributed by atoms with van der Waals surface area (Å²) in [5.41, 5.74) is 5.50. The molecule has 5 aliphatic heterocycles. The van der Waals surface area contributed by atoms with Crippen LogP contribution in [-0.2, 0) is 95.3 Å². The third-order valence-electron chi connectivity index (χ3n) is 21.7. The number of unbranched alkanes of at least 4 members (excludes halogenated alkanes) is 6. The van der Waals surface area contributed by atoms with Gasteiger partial charge in [0.25, 0.3) is 0 Å². The van der Waals surface area contributed by atoms with E-state index < -0.39 is 234 Å². The minimum absolute atomic E-state index is 0. The second-order valence-electron chi connectivity index (χ2n) is 31.9. The monoisotopic (exact) mass is 1870 g/mol. The van der Waals surface area contributed by atoms with Crippen LogP contribution < -0.4 is 53.6 Å². The highest BCUT2D eigenvalue weighted by Crippen LogP contribution is 2.29. The minimum Gasteiger partial charge on any atom is -0.394 e. The van der Waals surface area contributed by atoms with Gasteiger partial charge >= 0.3 is 0 Å². The SMILES string of the molecule is C.CCNC(=O)CCCCC(=O)CCCCC[C@@H](C(=O)NCCOC1O[C@H](CO)[C@@H](O)[C@H](O)[C@@H]1O)N(CC(=O)NCCOC1O[C@H](CO)[C@@H](O)[C@H](O)[C@@H]1O)CC(=O)NCCOC1O[C@H](CO)[C@@H](O)[C@H](O)[C@@H]1O.CN[C@@H](CCCCN)C(=O)NC(=O)CCCCCNC(=O)CN(CC(=O)NCCO[C@@H]1O[C@@H](C)[C@@H](O)[C@@H](O)[C@@H]1C)CC(=O)NCCO[C@@H]1O[C@@H](C)[C@@H](O)[C@@H](O)[C@@H]1O. The summed E-state index contributed by atoms with van der Waals surface area (Å²) in [6.45, 7) is 1.96. The van der Waals surface area contributed by atoms with Gasteiger partial charge in [-0.3, -0.25) is 63.1 Å². The zero-order valence-electron chi connectivity index (χ0n) is 73.5. The number of carbonyl (C=O) groups excluding carboxylic acids is 10. The molecule has 0 aromatic rings. The van der Waals surface area contributed by atoms with E-state index in [1.54, 1.807) is 20.9 Å². The summed E-state index contributed by atoms with van der Waals surface area (Å²) in [6.07, 6.45) is -26.2. The van der Waals surface area contributed by atoms with Gasteiger partial charge in [0, 0.05) is 77.4 Å². The lowest BCUT2D eigenvalue weighted by molar-refractivity contribution is -0.300. The third kappa shape index (κ3) is 41.7. The Morgan fingerprint density at radius 2 is 0.705 bits per heavy atom. The molecule has 129 heavy (non-hydrogen) atoms. The predicted octanol–water partition coefficient (Wildman–Crippen LogP) is -12.2. The van der Waals surface area contributed by atoms with Crippen LogP contribution in [0.5, 0.6) is 0 Å². The van der Waals surface area contributed by atoms with Crippen molar-refractivity contribution in [3.63, 3.8) is 0 Å². The molecular formula is C80H148N12O37. The van der Waals surface area contributed by atoms with Gasteiger partial charge in [-0.05, 0) is 85.7 Å². The Bertz CT molecular complexity index is 3120. The van der Waals surface area contributed by atoms with E-state index in [2.05, 4.69) is 47.9 Å². The van der Waals surface area contributed by atoms with Crippen molar-refractivity contribution in [1.82, 2.24) is 57.7 Å². The van der Waals surface area contributed by atoms with Crippen LogP contribution >= 0.6 is 0 Å². The predicted molar refractivity (Wildman–Crippen MR) is 448 cm³/mol. The number of nitrogens with two attached hydrogens (primary N) is 1. The second-order valence-corrected chi connectivity index (χ2v) is 31.9. The topological polar surface area (TPSA) is 748 Å². The molecule has 0 bridgehead atoms. The number of ketones is 1. The van der Waals surface area contributed by atoms with Crippen LogP contribution in [-0.4, -0.2) is 460 Å². The van der Waals surface area contributed by atoms with E-state index >= 15 is 0 Å². The number of Topliss-reactive ketones (excluding diaryl/α,β-unsaturated/α-hetero) is 1. The molecule has 750 valence electrons. The maximum absolute atomic E-state index is 14.0. The summed E-state index contributed by atoms with van der Waals surface area (Å²) in [7, 11) is 1.66. The molecule has 49 heteroatoms. The summed E-state index contributed by atoms with van der Waals surface area (Å²) >= 11 is 0. The molecule has 0 aromatic heterocycles. The second kappa shape index (κ2) is 63.9. The molecule has 3 unspecified atom stereocenters. The van der Waals surface area contributed by atoms with Crippen molar-refractivity contribution in [2.24, 2.45) is 11.7 Å². The molecule has 9 amide bonds. The van der Waals surface area contributed by atoms with Crippen LogP contribution in [0.15, 0.2) is 0 Å². The van der Waals surface area contributed by atoms with Gasteiger partial charge in [0.05, 0.1) is 116 Å². The molecule has 5 rings (SSSR count). The van der Waals surface area contributed by atoms with Crippen molar-refractivity contribution in [1.29, 1.82) is 0 Å². The van der Waals surface area contributed by atoms with Gasteiger partial charge in [-0.1, -0.05) is 40.0 Å². The summed E-state index contributed by atoms with van der Waals surface area (Å²) in [6, 6.07) is -1.69. The zero-order chi connectivity index (χ0) is 95.1. The highest BCUT2D eigenvalue weighted by Gasteiger charge is 2.48. The molecule has 0 aromatic carbocycles. The fraction of sp³-hybridized carbons (Fsp3) is 0.875. The first-order valence-corrected chi connectivity index (χ1v) is 43.8. The van der Waals surface area contributed by atoms with Crippen LogP contribution in [0.1, 0.15) is 138 Å². The Balaban J connectivity index is 0.000000676. The average molecular weight is 1870 g/mol. The Labute approximate surface area is 750 Å². The van der Waals surface area contributed by atoms with Crippen LogP contribution in [0.4, 0.5) is 0 Å². The van der Waals surface area contributed by atoms with Crippen LogP contribution in [0.25, 0.3) is 0 Å². The fourth-order valence-corrected chi connectivity index (χ4v) is 14.1. The normalized spacial score (nSPS) is 29.7. The van der Waals surface area contributed by atoms with Crippen molar-refractivity contribution in [2.75, 3.05) is 145 Å². The number of hydrogen-bond donors (Lipinski definition) is 27. The van der Waals surface area contributed by atoms with Gasteiger partial charge in [-0.25, -0.2) is 0 Å². The fourth-order valence-electron chi connectivity index (χ4n) is 14.1. The van der Waals surface area contributed by atoms with Crippen molar-refractivity contribution in [2.45, 2.75) is 297 Å². The van der Waals surface area contributed by atoms with Crippen molar-refractivity contribution < 1.29 is 182 Å². The lowest BCUT2D eigenvalue weighted by atomic mass is 9.93. The number of ether oxygens (including phenoxy) is 10. The molecule has 49 nitrogen and oxygen atoms in total. The summed E-state index contributed by atoms with van der Waals surface area (Å²) < 4.78 is 54.5. The standard InChI is InChI=1S/C43H77N5O23.C36H67N7O14.CH4/c1-2-44-28(53)11-7-6-9-23(52)8-4-3-5-10-24(40(65)47-14-17-68-43-39(64)36(61)33(58)27(22-51)71-43)48(18-29(54)45-12-15-66-41-37(62)34(59)31(56)25(20-49)69-41)19-30(55)46-13-16-67-42-38(63)35(60)32(57)26(21-50)70-42;1-21-29(48)30(49)22(2)56-35(21)54-16-14-40-27(46)19-43(20-28(47)41-15-17-55-36-33(52)32(51)31(50)23(3)57-36)18-26(45)39-13-9-5-6-11-25(44)42-34(53)24(38-4)10-7-8-12-37;/h24-27,31-39,41-43,49-51,56-64H,2-22H2,1H3,(H,44,53)(H,45,54)(H,46,55)(H,47,65);21-24,29-33,35-36,38,48-52H,5-20,37H2,1-4H3,(H,39,45)(H,40,46)(H,41,47)(H,42,44,53);1H4/t24-,25+,26+,27+,31+,32+,33+,34-,35-,36-,37-,38-,39-,41?,42?,43?;21-,22-,23-,24-,29-,30+,31+,32+,33-,35+,36+;/m00./s1. The first-order valence-electron chi connectivity index (χ1n) is 43.8. The molecular weight excluding hydrogens is 1720 g/mol. The van der Waals surface area contributed by atoms with Gasteiger partial charge in [0.15, 0.2) is 31.5 Å². The molecule has 0 aliphatic carbocycles. The van der Waals surface area contributed by atoms with Crippen molar-refractivity contribution in [3.05, 3.63) is 0 Å². The number of aliphatic hydroxyl groups excluding tert-OH is 17. The molecule has 0 spiro atoms. The minimum atomic E-state index is -1.72. The van der Waals surface area contributed by atoms with Gasteiger partial charge in [-0.2, -0.15) is 0 Å². The van der Waals surface area contributed by atoms with E-state index in [1.165, 1.54) is 16.7 Å². The molecule has 5 heterocycles. The number of hydrogen-bond acceptors (Lipinski definition) is 41. The first kappa shape index (κ1) is 117. The number of likely N-dealkylation sites (N-methyl/N-ethyl adjacent to an activating group) is 1. The molecule has 5 saturated heterocycles. The largest absolute Gasteiger partial charge is 0.394 e. The zero-order valence-corrected chi connectivity index (χ0v) is 73.5. The van der Waals surface area contributed by atoms with Crippen molar-refractivity contribution in [3.8, 4) is 0 Å². The number of aliphatic hydroxyl groups is 17. The van der Waals surface area contributed by atoms with Gasteiger partial charge < -0.3 is 182 Å². The number of nitrogens with zero attached hydrogens (tertiary/aromatic N) is 2. The molecule has 5 fully saturated rings. The van der Waals surface area contributed by atoms with E-state index in [9.17, 15) is 135 Å². The Morgan fingerprint density at radius 1 is 0.357 bits per heavy atom. The molecule has 27 atom stereocenters. The first-order chi connectivity index (χ1) is 61.0. The Hall–Kier alpha value is -6.14. The number of imide groups is 1. The van der Waals surface area contributed by atoms with E-state index in [0.29, 0.717) is 77.3 Å². The Morgan fingerprint density at radius 3 is 1.13 bits per heavy atom. The maximum atomic E-state index is 14.0. The van der Waals surface area contributed by atoms with Crippen LogP contribution in [0, 0.1) is 5.92 Å². The molecule has 28 N–H and O–H groups in total. The van der Waals surface area contributed by atoms with E-state index in [4.69, 9.17) is 53.1 Å². The van der Waals surface area contributed by atoms with E-state index in [0.717, 1.165) is 12.8 Å². The lowest BCUT2D eigenvalue weighted by Crippen LogP contribution is -2.59. The van der Waals surface area contributed by atoms with Crippen LogP contribution in [0.2, 0.25) is 0 Å². The number of nitrogens with one attached hydrogen (secondary N) is 9. The average Bonchev–Trinajstić information content (AvgIpc) is 0.567. The van der Waals surface area contributed by atoms with Gasteiger partial charge in [-0.15, -0.1) is 0 Å². The summed E-state index contributed by atoms with van der Waals surface area (Å²) in [4.78, 5) is 131. The highest BCUT2D eigenvalue weighted by molar-refractivity contribution is 5.97. The summed E-state index contributed by atoms with van der Waals surface area (Å²) in [5, 5.41) is 194. The van der Waals surface area contributed by atoms with Crippen LogP contribution in [0.3, 0.4) is 0 Å². The number of carbonyl (C=O) groups is 10. The smallest absolute Gasteiger partial charge is 0.243 e. The lowest BCUT2D eigenvalue weighted by Gasteiger charge is -2.40. The van der Waals surface area contributed by atoms with Gasteiger partial charge in [0.1, 0.15) is 103 Å². The van der Waals surface area contributed by atoms with Crippen molar-refractivity contribution >= 4 is 58.9 Å². The Kier molecular flexibility index (Phi) is 58.0. The quantitative estimate of drug-likeness (QED) is 0.0251. The maximum Gasteiger partial charge on any atom is 0.243 e. The number of rotatable bonds is 59. The molecule has 0 saturated carbocycles. The molecule has 5 aliphatic rings. The third-order valence-corrected chi connectivity index (χ3v) is 21.7. The number of amides is 9. The molecule has 0 radical (unpaired) electrons. The van der Waals surface area contributed by atoms with Gasteiger partial charge in [0.2, 0.25) is 53.2 Å². The summed E-state index contributed by atoms with van der Waals surface area (Å²) in [5.74, 6) is -5.00.